The third-order valence-electron chi connectivity index (χ3n) is 2.10. The number of aliphatic hydroxyl groups is 1. The number of rotatable bonds is 7. The van der Waals surface area contributed by atoms with Gasteiger partial charge in [0.05, 0.1) is 18.9 Å². The Balaban J connectivity index is 2.62. The minimum absolute atomic E-state index is 0.000957. The normalized spacial score (nSPS) is 13.8. The highest BCUT2D eigenvalue weighted by Crippen LogP contribution is 2.05. The van der Waals surface area contributed by atoms with Crippen LogP contribution in [0.3, 0.4) is 0 Å². The Kier molecular flexibility index (Phi) is 5.06. The summed E-state index contributed by atoms with van der Waals surface area (Å²) >= 11 is 0. The Morgan fingerprint density at radius 1 is 1.65 bits per heavy atom. The molecule has 0 aliphatic rings. The number of hydrogen-bond donors (Lipinski definition) is 3. The minimum Gasteiger partial charge on any atom is -0.389 e. The number of aryl methyl sites for hydroxylation is 1. The second kappa shape index (κ2) is 6.10. The largest absolute Gasteiger partial charge is 0.389 e. The van der Waals surface area contributed by atoms with Gasteiger partial charge in [0.2, 0.25) is 0 Å². The maximum absolute atomic E-state index is 11.7. The van der Waals surface area contributed by atoms with E-state index in [9.17, 15) is 13.5 Å². The van der Waals surface area contributed by atoms with Crippen molar-refractivity contribution < 1.29 is 18.3 Å². The van der Waals surface area contributed by atoms with Crippen molar-refractivity contribution in [3.63, 3.8) is 0 Å². The van der Waals surface area contributed by atoms with Crippen LogP contribution in [0.5, 0.6) is 0 Å². The van der Waals surface area contributed by atoms with Gasteiger partial charge in [-0.1, -0.05) is 6.92 Å². The predicted molar refractivity (Wildman–Crippen MR) is 61.0 cm³/mol. The molecule has 0 spiro atoms. The summed E-state index contributed by atoms with van der Waals surface area (Å²) in [5.41, 5.74) is 0. The van der Waals surface area contributed by atoms with Gasteiger partial charge in [0.15, 0.2) is 5.03 Å². The van der Waals surface area contributed by atoms with Crippen LogP contribution >= 0.6 is 0 Å². The summed E-state index contributed by atoms with van der Waals surface area (Å²) in [6.45, 7) is 1.84. The molecule has 98 valence electrons. The molecule has 17 heavy (non-hydrogen) atoms. The van der Waals surface area contributed by atoms with Crippen LogP contribution < -0.4 is 4.72 Å². The summed E-state index contributed by atoms with van der Waals surface area (Å²) in [5.74, 6) is 0.600. The van der Waals surface area contributed by atoms with Crippen LogP contribution in [0, 0.1) is 0 Å². The van der Waals surface area contributed by atoms with E-state index < -0.39 is 16.1 Å². The molecule has 1 atom stereocenters. The molecule has 0 aliphatic carbocycles. The smallest absolute Gasteiger partial charge is 0.257 e. The molecule has 0 aliphatic heterocycles. The van der Waals surface area contributed by atoms with Gasteiger partial charge in [-0.05, 0) is 0 Å². The van der Waals surface area contributed by atoms with Gasteiger partial charge in [0, 0.05) is 20.1 Å². The number of nitrogens with one attached hydrogen (secondary N) is 2. The van der Waals surface area contributed by atoms with Crippen molar-refractivity contribution in [1.82, 2.24) is 14.7 Å². The van der Waals surface area contributed by atoms with Crippen LogP contribution in [0.4, 0.5) is 0 Å². The van der Waals surface area contributed by atoms with E-state index in [4.69, 9.17) is 4.74 Å². The molecule has 1 heterocycles. The molecule has 0 fully saturated rings. The third kappa shape index (κ3) is 4.08. The molecule has 0 radical (unpaired) electrons. The Hall–Kier alpha value is -0.960. The Morgan fingerprint density at radius 2 is 2.35 bits per heavy atom. The van der Waals surface area contributed by atoms with Gasteiger partial charge >= 0.3 is 0 Å². The van der Waals surface area contributed by atoms with E-state index in [-0.39, 0.29) is 18.2 Å². The topological polar surface area (TPSA) is 104 Å². The zero-order valence-corrected chi connectivity index (χ0v) is 10.6. The number of methoxy groups -OCH3 is 1. The summed E-state index contributed by atoms with van der Waals surface area (Å²) in [6.07, 6.45) is 1.01. The molecule has 0 aromatic carbocycles. The van der Waals surface area contributed by atoms with Gasteiger partial charge in [-0.25, -0.2) is 18.1 Å². The number of sulfonamides is 1. The van der Waals surface area contributed by atoms with E-state index in [1.807, 2.05) is 6.92 Å². The molecular formula is C9H17N3O4S. The Bertz CT molecular complexity index is 443. The highest BCUT2D eigenvalue weighted by molar-refractivity contribution is 7.89. The minimum atomic E-state index is -3.65. The van der Waals surface area contributed by atoms with Gasteiger partial charge in [-0.15, -0.1) is 0 Å². The number of hydrogen-bond acceptors (Lipinski definition) is 5. The molecule has 1 unspecified atom stereocenters. The van der Waals surface area contributed by atoms with Gasteiger partial charge < -0.3 is 14.8 Å². The lowest BCUT2D eigenvalue weighted by molar-refractivity contribution is 0.0679. The van der Waals surface area contributed by atoms with Crippen LogP contribution in [0.15, 0.2) is 11.2 Å². The molecule has 0 amide bonds. The van der Waals surface area contributed by atoms with Crippen molar-refractivity contribution in [1.29, 1.82) is 0 Å². The second-order valence-electron chi connectivity index (χ2n) is 3.51. The molecule has 3 N–H and O–H groups in total. The summed E-state index contributed by atoms with van der Waals surface area (Å²) in [6, 6.07) is 0. The van der Waals surface area contributed by atoms with E-state index >= 15 is 0 Å². The van der Waals surface area contributed by atoms with Crippen molar-refractivity contribution in [2.45, 2.75) is 24.5 Å². The standard InChI is InChI=1S/C9H17N3O4S/c1-3-8-10-5-9(12-8)17(14,15)11-4-7(13)6-16-2/h5,7,11,13H,3-4,6H2,1-2H3,(H,10,12). The van der Waals surface area contributed by atoms with E-state index in [0.717, 1.165) is 0 Å². The first-order chi connectivity index (χ1) is 7.99. The van der Waals surface area contributed by atoms with Crippen LogP contribution in [-0.2, 0) is 21.2 Å². The molecule has 0 saturated carbocycles. The lowest BCUT2D eigenvalue weighted by Crippen LogP contribution is -2.34. The van der Waals surface area contributed by atoms with Crippen molar-refractivity contribution in [2.24, 2.45) is 0 Å². The maximum atomic E-state index is 11.7. The molecule has 1 rings (SSSR count). The molecule has 0 saturated heterocycles. The average Bonchev–Trinajstić information content (AvgIpc) is 2.76. The number of aromatic amines is 1. The number of H-pyrrole nitrogens is 1. The molecular weight excluding hydrogens is 246 g/mol. The first-order valence-corrected chi connectivity index (χ1v) is 6.68. The molecule has 8 heteroatoms. The Morgan fingerprint density at radius 3 is 2.88 bits per heavy atom. The number of imidazole rings is 1. The van der Waals surface area contributed by atoms with Gasteiger partial charge in [0.1, 0.15) is 5.82 Å². The van der Waals surface area contributed by atoms with Crippen molar-refractivity contribution in [3.8, 4) is 0 Å². The summed E-state index contributed by atoms with van der Waals surface area (Å²) < 4.78 is 30.4. The van der Waals surface area contributed by atoms with Crippen molar-refractivity contribution in [2.75, 3.05) is 20.3 Å². The number of ether oxygens (including phenoxy) is 1. The highest BCUT2D eigenvalue weighted by Gasteiger charge is 2.18. The van der Waals surface area contributed by atoms with Gasteiger partial charge in [-0.3, -0.25) is 0 Å². The number of aliphatic hydroxyl groups excluding tert-OH is 1. The monoisotopic (exact) mass is 263 g/mol. The zero-order valence-electron chi connectivity index (χ0n) is 9.80. The first-order valence-electron chi connectivity index (χ1n) is 5.20. The predicted octanol–water partition coefficient (Wildman–Crippen LogP) is -0.742. The molecule has 0 bridgehead atoms. The van der Waals surface area contributed by atoms with E-state index in [1.165, 1.54) is 13.3 Å². The third-order valence-corrected chi connectivity index (χ3v) is 3.43. The van der Waals surface area contributed by atoms with E-state index in [1.54, 1.807) is 0 Å². The summed E-state index contributed by atoms with van der Waals surface area (Å²) in [5, 5.41) is 9.33. The van der Waals surface area contributed by atoms with Crippen LogP contribution in [0.2, 0.25) is 0 Å². The lowest BCUT2D eigenvalue weighted by atomic mass is 10.4. The van der Waals surface area contributed by atoms with Crippen molar-refractivity contribution >= 4 is 10.0 Å². The summed E-state index contributed by atoms with van der Waals surface area (Å²) in [4.78, 5) is 6.59. The van der Waals surface area contributed by atoms with Crippen LogP contribution in [-0.4, -0.2) is 49.9 Å². The number of nitrogens with zero attached hydrogens (tertiary/aromatic N) is 1. The van der Waals surface area contributed by atoms with Crippen LogP contribution in [0.1, 0.15) is 12.7 Å². The van der Waals surface area contributed by atoms with Crippen molar-refractivity contribution in [3.05, 3.63) is 12.0 Å². The fraction of sp³-hybridized carbons (Fsp3) is 0.667. The first kappa shape index (κ1) is 14.1. The number of aromatic nitrogens is 2. The second-order valence-corrected chi connectivity index (χ2v) is 5.24. The maximum Gasteiger partial charge on any atom is 0.257 e. The fourth-order valence-corrected chi connectivity index (χ4v) is 2.21. The average molecular weight is 263 g/mol. The van der Waals surface area contributed by atoms with Gasteiger partial charge in [0.25, 0.3) is 10.0 Å². The highest BCUT2D eigenvalue weighted by atomic mass is 32.2. The zero-order chi connectivity index (χ0) is 12.9. The molecule has 7 nitrogen and oxygen atoms in total. The Labute approximate surface area is 100 Å². The lowest BCUT2D eigenvalue weighted by Gasteiger charge is -2.10. The van der Waals surface area contributed by atoms with Crippen LogP contribution in [0.25, 0.3) is 0 Å². The van der Waals surface area contributed by atoms with E-state index in [0.29, 0.717) is 12.2 Å². The fourth-order valence-electron chi connectivity index (χ4n) is 1.19. The molecule has 1 aromatic rings. The SMILES string of the molecule is CCc1ncc(S(=O)(=O)NCC(O)COC)[nH]1. The van der Waals surface area contributed by atoms with Gasteiger partial charge in [-0.2, -0.15) is 0 Å². The quantitative estimate of drug-likeness (QED) is 0.601. The molecule has 1 aromatic heterocycles. The summed E-state index contributed by atoms with van der Waals surface area (Å²) in [7, 11) is -2.22. The van der Waals surface area contributed by atoms with E-state index in [2.05, 4.69) is 14.7 Å².